The highest BCUT2D eigenvalue weighted by Gasteiger charge is 2.14. The quantitative estimate of drug-likeness (QED) is 0.603. The largest absolute Gasteiger partial charge is 0.468 e. The van der Waals surface area contributed by atoms with Crippen LogP contribution in [0.25, 0.3) is 0 Å². The fourth-order valence-corrected chi connectivity index (χ4v) is 1.33. The number of pyridine rings is 1. The smallest absolute Gasteiger partial charge is 0.321 e. The average Bonchev–Trinajstić information content (AvgIpc) is 2.29. The summed E-state index contributed by atoms with van der Waals surface area (Å²) in [6.07, 6.45) is 3.42. The van der Waals surface area contributed by atoms with Crippen molar-refractivity contribution in [1.29, 1.82) is 0 Å². The molecule has 82 valence electrons. The molecule has 0 saturated heterocycles. The van der Waals surface area contributed by atoms with Gasteiger partial charge in [0.1, 0.15) is 4.83 Å². The zero-order valence-electron chi connectivity index (χ0n) is 8.35. The van der Waals surface area contributed by atoms with Crippen LogP contribution in [0.5, 0.6) is 0 Å². The summed E-state index contributed by atoms with van der Waals surface area (Å²) in [4.78, 5) is 14.5. The minimum absolute atomic E-state index is 0.279. The Balaban J connectivity index is 2.25. The molecule has 5 heteroatoms. The zero-order chi connectivity index (χ0) is 11.1. The minimum Gasteiger partial charge on any atom is -0.468 e. The van der Waals surface area contributed by atoms with E-state index < -0.39 is 4.83 Å². The number of methoxy groups -OCH3 is 1. The highest BCUT2D eigenvalue weighted by Crippen LogP contribution is 2.05. The summed E-state index contributed by atoms with van der Waals surface area (Å²) in [5.41, 5.74) is 0.974. The molecule has 0 radical (unpaired) electrons. The lowest BCUT2D eigenvalue weighted by molar-refractivity contribution is -0.141. The van der Waals surface area contributed by atoms with Crippen molar-refractivity contribution in [2.75, 3.05) is 13.7 Å². The molecule has 0 saturated carbocycles. The zero-order valence-corrected chi connectivity index (χ0v) is 9.94. The van der Waals surface area contributed by atoms with Gasteiger partial charge in [-0.05, 0) is 11.6 Å². The SMILES string of the molecule is COC(=O)C(Br)COCc1cccnc1. The number of hydrogen-bond acceptors (Lipinski definition) is 4. The van der Waals surface area contributed by atoms with Crippen LogP contribution in [-0.2, 0) is 20.9 Å². The van der Waals surface area contributed by atoms with E-state index in [4.69, 9.17) is 4.74 Å². The Bertz CT molecular complexity index is 305. The Morgan fingerprint density at radius 3 is 3.07 bits per heavy atom. The third-order valence-corrected chi connectivity index (χ3v) is 2.35. The van der Waals surface area contributed by atoms with Crippen LogP contribution in [0.2, 0.25) is 0 Å². The van der Waals surface area contributed by atoms with Gasteiger partial charge < -0.3 is 9.47 Å². The molecule has 0 aromatic carbocycles. The molecule has 0 fully saturated rings. The lowest BCUT2D eigenvalue weighted by atomic mass is 10.3. The number of nitrogens with zero attached hydrogens (tertiary/aromatic N) is 1. The van der Waals surface area contributed by atoms with Gasteiger partial charge in [-0.15, -0.1) is 0 Å². The normalized spacial score (nSPS) is 12.1. The third-order valence-electron chi connectivity index (χ3n) is 1.71. The number of carbonyl (C=O) groups excluding carboxylic acids is 1. The molecule has 1 unspecified atom stereocenters. The number of halogens is 1. The van der Waals surface area contributed by atoms with Crippen molar-refractivity contribution in [1.82, 2.24) is 4.98 Å². The molecule has 1 heterocycles. The van der Waals surface area contributed by atoms with Crippen LogP contribution >= 0.6 is 15.9 Å². The molecule has 0 amide bonds. The van der Waals surface area contributed by atoms with Crippen LogP contribution < -0.4 is 0 Å². The number of rotatable bonds is 5. The van der Waals surface area contributed by atoms with Gasteiger partial charge in [0, 0.05) is 12.4 Å². The van der Waals surface area contributed by atoms with Crippen LogP contribution in [0.3, 0.4) is 0 Å². The second-order valence-corrected chi connectivity index (χ2v) is 3.97. The first-order valence-electron chi connectivity index (χ1n) is 4.42. The van der Waals surface area contributed by atoms with Crippen LogP contribution in [-0.4, -0.2) is 29.5 Å². The maximum atomic E-state index is 11.0. The highest BCUT2D eigenvalue weighted by atomic mass is 79.9. The van der Waals surface area contributed by atoms with E-state index in [1.807, 2.05) is 12.1 Å². The van der Waals surface area contributed by atoms with E-state index in [1.54, 1.807) is 12.4 Å². The first kappa shape index (κ1) is 12.1. The van der Waals surface area contributed by atoms with Gasteiger partial charge in [0.05, 0.1) is 20.3 Å². The van der Waals surface area contributed by atoms with Gasteiger partial charge in [-0.2, -0.15) is 0 Å². The molecule has 0 spiro atoms. The standard InChI is InChI=1S/C10H12BrNO3/c1-14-10(13)9(11)7-15-6-8-3-2-4-12-5-8/h2-5,9H,6-7H2,1H3. The van der Waals surface area contributed by atoms with Crippen molar-refractivity contribution in [3.8, 4) is 0 Å². The maximum Gasteiger partial charge on any atom is 0.321 e. The number of alkyl halides is 1. The number of aromatic nitrogens is 1. The maximum absolute atomic E-state index is 11.0. The molecule has 1 rings (SSSR count). The van der Waals surface area contributed by atoms with Crippen LogP contribution in [0.15, 0.2) is 24.5 Å². The van der Waals surface area contributed by atoms with Crippen molar-refractivity contribution in [3.05, 3.63) is 30.1 Å². The molecule has 0 N–H and O–H groups in total. The van der Waals surface area contributed by atoms with Crippen molar-refractivity contribution >= 4 is 21.9 Å². The van der Waals surface area contributed by atoms with Gasteiger partial charge in [-0.25, -0.2) is 0 Å². The highest BCUT2D eigenvalue weighted by molar-refractivity contribution is 9.10. The predicted molar refractivity (Wildman–Crippen MR) is 58.6 cm³/mol. The second kappa shape index (κ2) is 6.53. The molecule has 0 bridgehead atoms. The van der Waals surface area contributed by atoms with E-state index in [1.165, 1.54) is 7.11 Å². The summed E-state index contributed by atoms with van der Waals surface area (Å²) in [5.74, 6) is -0.332. The van der Waals surface area contributed by atoms with Crippen LogP contribution in [0.1, 0.15) is 5.56 Å². The van der Waals surface area contributed by atoms with Crippen molar-refractivity contribution in [2.24, 2.45) is 0 Å². The Kier molecular flexibility index (Phi) is 5.28. The second-order valence-electron chi connectivity index (χ2n) is 2.87. The summed E-state index contributed by atoms with van der Waals surface area (Å²) in [7, 11) is 1.34. The van der Waals surface area contributed by atoms with Gasteiger partial charge in [-0.1, -0.05) is 22.0 Å². The lowest BCUT2D eigenvalue weighted by Crippen LogP contribution is -2.21. The lowest BCUT2D eigenvalue weighted by Gasteiger charge is -2.08. The summed E-state index contributed by atoms with van der Waals surface area (Å²) < 4.78 is 9.85. The Morgan fingerprint density at radius 1 is 1.67 bits per heavy atom. The van der Waals surface area contributed by atoms with E-state index in [2.05, 4.69) is 25.7 Å². The molecule has 1 aromatic heterocycles. The Morgan fingerprint density at radius 2 is 2.47 bits per heavy atom. The monoisotopic (exact) mass is 273 g/mol. The molecule has 0 aliphatic rings. The first-order chi connectivity index (χ1) is 7.24. The Hall–Kier alpha value is -0.940. The predicted octanol–water partition coefficient (Wildman–Crippen LogP) is 1.53. The number of ether oxygens (including phenoxy) is 2. The van der Waals surface area contributed by atoms with E-state index in [0.29, 0.717) is 6.61 Å². The van der Waals surface area contributed by atoms with Crippen LogP contribution in [0.4, 0.5) is 0 Å². The molecule has 4 nitrogen and oxygen atoms in total. The van der Waals surface area contributed by atoms with Crippen molar-refractivity contribution in [3.63, 3.8) is 0 Å². The van der Waals surface area contributed by atoms with Crippen LogP contribution in [0, 0.1) is 0 Å². The van der Waals surface area contributed by atoms with Gasteiger partial charge in [0.25, 0.3) is 0 Å². The molecule has 15 heavy (non-hydrogen) atoms. The van der Waals surface area contributed by atoms with Gasteiger partial charge >= 0.3 is 5.97 Å². The molecular weight excluding hydrogens is 262 g/mol. The third kappa shape index (κ3) is 4.40. The number of carbonyl (C=O) groups is 1. The van der Waals surface area contributed by atoms with E-state index in [9.17, 15) is 4.79 Å². The van der Waals surface area contributed by atoms with Gasteiger partial charge in [-0.3, -0.25) is 9.78 Å². The molecule has 1 aromatic rings. The number of hydrogen-bond donors (Lipinski definition) is 0. The fourth-order valence-electron chi connectivity index (χ4n) is 0.960. The fraction of sp³-hybridized carbons (Fsp3) is 0.400. The molecule has 1 atom stereocenters. The molecule has 0 aliphatic carbocycles. The minimum atomic E-state index is -0.417. The summed E-state index contributed by atoms with van der Waals surface area (Å²) >= 11 is 3.16. The number of esters is 1. The Labute approximate surface area is 96.7 Å². The summed E-state index contributed by atoms with van der Waals surface area (Å²) in [5, 5.41) is 0. The van der Waals surface area contributed by atoms with Crippen molar-refractivity contribution < 1.29 is 14.3 Å². The summed E-state index contributed by atoms with van der Waals surface area (Å²) in [6, 6.07) is 3.75. The molecule has 0 aliphatic heterocycles. The van der Waals surface area contributed by atoms with Crippen molar-refractivity contribution in [2.45, 2.75) is 11.4 Å². The van der Waals surface area contributed by atoms with E-state index in [0.717, 1.165) is 5.56 Å². The first-order valence-corrected chi connectivity index (χ1v) is 5.34. The van der Waals surface area contributed by atoms with E-state index in [-0.39, 0.29) is 12.6 Å². The summed E-state index contributed by atoms with van der Waals surface area (Å²) in [6.45, 7) is 0.717. The van der Waals surface area contributed by atoms with Gasteiger partial charge in [0.15, 0.2) is 0 Å². The average molecular weight is 274 g/mol. The van der Waals surface area contributed by atoms with Gasteiger partial charge in [0.2, 0.25) is 0 Å². The van der Waals surface area contributed by atoms with E-state index >= 15 is 0 Å². The topological polar surface area (TPSA) is 48.4 Å². The molecular formula is C10H12BrNO3.